The number of carboxylic acid groups (broad SMARTS) is 1. The van der Waals surface area contributed by atoms with Gasteiger partial charge in [0, 0.05) is 11.7 Å². The lowest BCUT2D eigenvalue weighted by molar-refractivity contribution is -0.138. The molecule has 1 atom stereocenters. The van der Waals surface area contributed by atoms with Crippen molar-refractivity contribution in [3.05, 3.63) is 59.7 Å². The molecule has 6 heteroatoms. The molecule has 0 bridgehead atoms. The average molecular weight is 430 g/mol. The van der Waals surface area contributed by atoms with Crippen molar-refractivity contribution in [1.82, 2.24) is 4.98 Å². The molecule has 0 radical (unpaired) electrons. The van der Waals surface area contributed by atoms with E-state index in [-0.39, 0.29) is 11.0 Å². The Hall–Kier alpha value is -1.60. The number of rotatable bonds is 8. The predicted molar refractivity (Wildman–Crippen MR) is 124 cm³/mol. The van der Waals surface area contributed by atoms with Crippen LogP contribution >= 0.6 is 12.0 Å². The van der Waals surface area contributed by atoms with Gasteiger partial charge in [0.1, 0.15) is 14.3 Å². The van der Waals surface area contributed by atoms with Crippen LogP contribution in [0.25, 0.3) is 11.1 Å². The number of aliphatic carboxylic acids is 1. The number of benzene rings is 2. The first-order chi connectivity index (χ1) is 13.6. The van der Waals surface area contributed by atoms with Gasteiger partial charge in [-0.15, -0.1) is 0 Å². The molecule has 0 aromatic heterocycles. The second-order valence-electron chi connectivity index (χ2n) is 9.21. The largest absolute Gasteiger partial charge is 0.480 e. The van der Waals surface area contributed by atoms with Gasteiger partial charge in [-0.05, 0) is 39.3 Å². The molecule has 3 rings (SSSR count). The molecule has 0 spiro atoms. The van der Waals surface area contributed by atoms with Gasteiger partial charge in [0.15, 0.2) is 0 Å². The highest BCUT2D eigenvalue weighted by Gasteiger charge is 2.38. The number of hydrogen-bond acceptors (Lipinski definition) is 4. The number of carboxylic acids is 1. The van der Waals surface area contributed by atoms with Crippen molar-refractivity contribution in [3.8, 4) is 11.1 Å². The molecule has 0 aliphatic heterocycles. The molecule has 29 heavy (non-hydrogen) atoms. The molecular formula is C23H31NO3SSi. The van der Waals surface area contributed by atoms with E-state index < -0.39 is 20.2 Å². The fourth-order valence-electron chi connectivity index (χ4n) is 3.50. The number of carbonyl (C=O) groups is 1. The standard InChI is InChI=1S/C23H31NO3SSi/c1-23(2,3)29(4,5)24-21(22(25)26)15-28-27-14-20-18-12-8-6-10-16(18)17-11-7-9-13-19(17)20/h6-13,20-21,24H,14-15H2,1-5H3,(H,25,26)/t21-/m0/s1. The van der Waals surface area contributed by atoms with E-state index in [1.54, 1.807) is 0 Å². The normalized spacial score (nSPS) is 15.1. The zero-order valence-corrected chi connectivity index (χ0v) is 19.7. The van der Waals surface area contributed by atoms with Gasteiger partial charge >= 0.3 is 5.97 Å². The molecule has 2 aromatic rings. The smallest absolute Gasteiger partial charge is 0.321 e. The van der Waals surface area contributed by atoms with Gasteiger partial charge in [0.05, 0.1) is 6.61 Å². The molecule has 1 aliphatic rings. The van der Waals surface area contributed by atoms with E-state index in [1.807, 2.05) is 0 Å². The Labute approximate surface area is 179 Å². The second kappa shape index (κ2) is 8.64. The van der Waals surface area contributed by atoms with Gasteiger partial charge in [0.2, 0.25) is 0 Å². The Morgan fingerprint density at radius 1 is 1.10 bits per heavy atom. The van der Waals surface area contributed by atoms with Crippen molar-refractivity contribution >= 4 is 26.2 Å². The minimum Gasteiger partial charge on any atom is -0.480 e. The van der Waals surface area contributed by atoms with E-state index in [2.05, 4.69) is 87.4 Å². The van der Waals surface area contributed by atoms with Gasteiger partial charge < -0.3 is 14.3 Å². The van der Waals surface area contributed by atoms with Crippen molar-refractivity contribution in [3.63, 3.8) is 0 Å². The molecule has 156 valence electrons. The molecular weight excluding hydrogens is 398 g/mol. The summed E-state index contributed by atoms with van der Waals surface area (Å²) in [5, 5.41) is 9.74. The highest BCUT2D eigenvalue weighted by molar-refractivity contribution is 7.94. The summed E-state index contributed by atoms with van der Waals surface area (Å²) in [6.07, 6.45) is 0. The van der Waals surface area contributed by atoms with Crippen molar-refractivity contribution in [2.75, 3.05) is 12.4 Å². The lowest BCUT2D eigenvalue weighted by Crippen LogP contribution is -2.59. The summed E-state index contributed by atoms with van der Waals surface area (Å²) >= 11 is 1.26. The summed E-state index contributed by atoms with van der Waals surface area (Å²) in [5.74, 6) is -0.244. The highest BCUT2D eigenvalue weighted by atomic mass is 32.2. The minimum atomic E-state index is -1.91. The van der Waals surface area contributed by atoms with Crippen LogP contribution in [0.5, 0.6) is 0 Å². The van der Waals surface area contributed by atoms with Crippen molar-refractivity contribution in [2.24, 2.45) is 0 Å². The topological polar surface area (TPSA) is 58.6 Å². The molecule has 0 saturated carbocycles. The van der Waals surface area contributed by atoms with E-state index in [4.69, 9.17) is 4.18 Å². The van der Waals surface area contributed by atoms with Crippen LogP contribution in [0.1, 0.15) is 37.8 Å². The molecule has 2 aromatic carbocycles. The molecule has 4 nitrogen and oxygen atoms in total. The quantitative estimate of drug-likeness (QED) is 0.329. The number of hydrogen-bond donors (Lipinski definition) is 2. The Bertz CT molecular complexity index is 833. The Kier molecular flexibility index (Phi) is 6.58. The van der Waals surface area contributed by atoms with Crippen molar-refractivity contribution in [1.29, 1.82) is 0 Å². The summed E-state index contributed by atoms with van der Waals surface area (Å²) in [6.45, 7) is 11.4. The summed E-state index contributed by atoms with van der Waals surface area (Å²) < 4.78 is 5.94. The zero-order valence-electron chi connectivity index (χ0n) is 17.9. The molecule has 2 N–H and O–H groups in total. The van der Waals surface area contributed by atoms with Crippen LogP contribution in [0.2, 0.25) is 18.1 Å². The van der Waals surface area contributed by atoms with Gasteiger partial charge in [-0.1, -0.05) is 82.4 Å². The third kappa shape index (κ3) is 4.77. The summed E-state index contributed by atoms with van der Waals surface area (Å²) in [5.41, 5.74) is 5.10. The van der Waals surface area contributed by atoms with Crippen LogP contribution in [0.4, 0.5) is 0 Å². The van der Waals surface area contributed by atoms with E-state index in [0.29, 0.717) is 12.4 Å². The SMILES string of the molecule is CC(C)(C)[Si](C)(C)N[C@@H](CSOCC1c2ccccc2-c2ccccc21)C(=O)O. The van der Waals surface area contributed by atoms with E-state index in [1.165, 1.54) is 34.3 Å². The van der Waals surface area contributed by atoms with Gasteiger partial charge in [-0.2, -0.15) is 0 Å². The van der Waals surface area contributed by atoms with Gasteiger partial charge in [-0.3, -0.25) is 4.79 Å². The Balaban J connectivity index is 1.62. The third-order valence-electron chi connectivity index (χ3n) is 6.22. The fraction of sp³-hybridized carbons (Fsp3) is 0.435. The minimum absolute atomic E-state index is 0.0729. The first-order valence-electron chi connectivity index (χ1n) is 10.0. The first kappa shape index (κ1) is 22.1. The predicted octanol–water partition coefficient (Wildman–Crippen LogP) is 5.51. The van der Waals surface area contributed by atoms with E-state index in [9.17, 15) is 9.90 Å². The van der Waals surface area contributed by atoms with Crippen LogP contribution in [0, 0.1) is 0 Å². The Morgan fingerprint density at radius 3 is 2.10 bits per heavy atom. The zero-order chi connectivity index (χ0) is 21.2. The molecule has 0 fully saturated rings. The molecule has 0 unspecified atom stereocenters. The van der Waals surface area contributed by atoms with Crippen LogP contribution in [-0.4, -0.2) is 37.7 Å². The fourth-order valence-corrected chi connectivity index (χ4v) is 5.87. The second-order valence-corrected chi connectivity index (χ2v) is 15.0. The van der Waals surface area contributed by atoms with Crippen molar-refractivity contribution in [2.45, 2.75) is 50.9 Å². The van der Waals surface area contributed by atoms with E-state index >= 15 is 0 Å². The van der Waals surface area contributed by atoms with Crippen LogP contribution in [0.3, 0.4) is 0 Å². The summed E-state index contributed by atoms with van der Waals surface area (Å²) in [4.78, 5) is 15.2. The van der Waals surface area contributed by atoms with Gasteiger partial charge in [-0.25, -0.2) is 0 Å². The average Bonchev–Trinajstić information content (AvgIpc) is 2.97. The third-order valence-corrected chi connectivity index (χ3v) is 11.8. The summed E-state index contributed by atoms with van der Waals surface area (Å²) in [7, 11) is -1.91. The highest BCUT2D eigenvalue weighted by Crippen LogP contribution is 2.44. The van der Waals surface area contributed by atoms with Crippen LogP contribution < -0.4 is 4.98 Å². The maximum absolute atomic E-state index is 11.8. The number of fused-ring (bicyclic) bond motifs is 3. The first-order valence-corrected chi connectivity index (χ1v) is 14.0. The van der Waals surface area contributed by atoms with E-state index in [0.717, 1.165) is 0 Å². The Morgan fingerprint density at radius 2 is 1.62 bits per heavy atom. The lowest BCUT2D eigenvalue weighted by atomic mass is 9.98. The monoisotopic (exact) mass is 429 g/mol. The van der Waals surface area contributed by atoms with Crippen LogP contribution in [0.15, 0.2) is 48.5 Å². The van der Waals surface area contributed by atoms with Crippen molar-refractivity contribution < 1.29 is 14.1 Å². The van der Waals surface area contributed by atoms with Gasteiger partial charge in [0.25, 0.3) is 0 Å². The molecule has 1 aliphatic carbocycles. The maximum Gasteiger partial charge on any atom is 0.321 e. The summed E-state index contributed by atoms with van der Waals surface area (Å²) in [6, 6.07) is 16.3. The lowest BCUT2D eigenvalue weighted by Gasteiger charge is -2.39. The molecule has 0 heterocycles. The molecule has 0 amide bonds. The molecule has 0 saturated heterocycles. The maximum atomic E-state index is 11.8. The van der Waals surface area contributed by atoms with Crippen LogP contribution in [-0.2, 0) is 8.98 Å². The number of nitrogens with one attached hydrogen (secondary N) is 1.